The number of esters is 3. The molecule has 7 heteroatoms. The van der Waals surface area contributed by atoms with E-state index in [0.29, 0.717) is 29.5 Å². The maximum absolute atomic E-state index is 14.3. The van der Waals surface area contributed by atoms with Crippen molar-refractivity contribution in [3.8, 4) is 0 Å². The summed E-state index contributed by atoms with van der Waals surface area (Å²) in [5.74, 6) is -2.62. The lowest BCUT2D eigenvalue weighted by molar-refractivity contribution is -0.180. The van der Waals surface area contributed by atoms with Crippen LogP contribution in [0.3, 0.4) is 0 Å². The SMILES string of the molecule is CCCCCCCCCCCCCCCCCCOC(=O)CC(O)(CC(=O)OC(c1ccccc1)(c1ccccc1)c1ccccc1)C(=O)OCCCCCCCCCCCCCCCCCC. The molecule has 0 saturated carbocycles. The number of benzene rings is 3. The maximum atomic E-state index is 14.3. The van der Waals surface area contributed by atoms with Crippen molar-refractivity contribution in [2.24, 2.45) is 0 Å². The second kappa shape index (κ2) is 37.9. The Morgan fingerprint density at radius 1 is 0.368 bits per heavy atom. The van der Waals surface area contributed by atoms with Gasteiger partial charge in [-0.05, 0) is 12.8 Å². The molecule has 0 heterocycles. The van der Waals surface area contributed by atoms with Gasteiger partial charge in [0.1, 0.15) is 0 Å². The van der Waals surface area contributed by atoms with Gasteiger partial charge in [-0.2, -0.15) is 0 Å². The molecule has 0 saturated heterocycles. The first kappa shape index (κ1) is 58.3. The van der Waals surface area contributed by atoms with E-state index in [-0.39, 0.29) is 13.2 Å². The van der Waals surface area contributed by atoms with Gasteiger partial charge in [0.05, 0.1) is 26.1 Å². The minimum Gasteiger partial charge on any atom is -0.466 e. The highest BCUT2D eigenvalue weighted by Crippen LogP contribution is 2.41. The molecule has 3 rings (SSSR count). The van der Waals surface area contributed by atoms with Gasteiger partial charge in [-0.3, -0.25) is 9.59 Å². The summed E-state index contributed by atoms with van der Waals surface area (Å²) in [6.45, 7) is 4.81. The predicted molar refractivity (Wildman–Crippen MR) is 280 cm³/mol. The minimum absolute atomic E-state index is 0.0882. The summed E-state index contributed by atoms with van der Waals surface area (Å²) >= 11 is 0. The molecule has 0 radical (unpaired) electrons. The van der Waals surface area contributed by atoms with Crippen LogP contribution >= 0.6 is 0 Å². The van der Waals surface area contributed by atoms with E-state index in [1.165, 1.54) is 154 Å². The van der Waals surface area contributed by atoms with Crippen LogP contribution in [0.1, 0.15) is 249 Å². The molecule has 1 atom stereocenters. The monoisotopic (exact) mass is 939 g/mol. The number of aliphatic hydroxyl groups is 1. The molecule has 7 nitrogen and oxygen atoms in total. The Kier molecular flexibility index (Phi) is 32.5. The van der Waals surface area contributed by atoms with E-state index in [0.717, 1.165) is 38.5 Å². The van der Waals surface area contributed by atoms with Gasteiger partial charge in [0.2, 0.25) is 0 Å². The van der Waals surface area contributed by atoms with Crippen LogP contribution in [0.4, 0.5) is 0 Å². The summed E-state index contributed by atoms with van der Waals surface area (Å²) in [7, 11) is 0. The van der Waals surface area contributed by atoms with Crippen molar-refractivity contribution in [2.45, 2.75) is 243 Å². The fraction of sp³-hybridized carbons (Fsp3) is 0.656. The van der Waals surface area contributed by atoms with E-state index in [2.05, 4.69) is 13.8 Å². The number of carbonyl (C=O) groups is 3. The zero-order chi connectivity index (χ0) is 48.6. The lowest BCUT2D eigenvalue weighted by Gasteiger charge is -2.36. The lowest BCUT2D eigenvalue weighted by Crippen LogP contribution is -2.46. The molecule has 0 fully saturated rings. The molecule has 68 heavy (non-hydrogen) atoms. The Labute approximate surface area is 414 Å². The average molecular weight is 939 g/mol. The molecule has 0 bridgehead atoms. The molecule has 0 aromatic heterocycles. The van der Waals surface area contributed by atoms with Crippen molar-refractivity contribution < 1.29 is 33.7 Å². The molecular formula is C61H94O7. The normalized spacial score (nSPS) is 12.4. The first-order valence-corrected chi connectivity index (χ1v) is 27.8. The maximum Gasteiger partial charge on any atom is 0.339 e. The van der Waals surface area contributed by atoms with Gasteiger partial charge in [0.25, 0.3) is 0 Å². The van der Waals surface area contributed by atoms with Gasteiger partial charge in [-0.25, -0.2) is 4.79 Å². The van der Waals surface area contributed by atoms with Gasteiger partial charge in [-0.1, -0.05) is 297 Å². The van der Waals surface area contributed by atoms with Crippen molar-refractivity contribution in [3.05, 3.63) is 108 Å². The number of carbonyl (C=O) groups excluding carboxylic acids is 3. The molecule has 1 unspecified atom stereocenters. The van der Waals surface area contributed by atoms with E-state index < -0.39 is 42.0 Å². The topological polar surface area (TPSA) is 99.1 Å². The smallest absolute Gasteiger partial charge is 0.339 e. The average Bonchev–Trinajstić information content (AvgIpc) is 3.35. The number of rotatable bonds is 43. The third-order valence-corrected chi connectivity index (χ3v) is 13.6. The second-order valence-corrected chi connectivity index (χ2v) is 19.6. The molecule has 3 aromatic rings. The fourth-order valence-electron chi connectivity index (χ4n) is 9.42. The summed E-state index contributed by atoms with van der Waals surface area (Å²) in [6, 6.07) is 28.3. The Morgan fingerprint density at radius 2 is 0.632 bits per heavy atom. The van der Waals surface area contributed by atoms with Crippen LogP contribution in [-0.4, -0.2) is 41.8 Å². The van der Waals surface area contributed by atoms with Crippen LogP contribution in [-0.2, 0) is 34.2 Å². The van der Waals surface area contributed by atoms with Gasteiger partial charge < -0.3 is 19.3 Å². The Morgan fingerprint density at radius 3 is 0.941 bits per heavy atom. The first-order valence-electron chi connectivity index (χ1n) is 27.8. The van der Waals surface area contributed by atoms with Crippen LogP contribution in [0.2, 0.25) is 0 Å². The van der Waals surface area contributed by atoms with Crippen LogP contribution < -0.4 is 0 Å². The molecule has 380 valence electrons. The molecule has 0 aliphatic rings. The highest BCUT2D eigenvalue weighted by Gasteiger charge is 2.47. The number of hydrogen-bond donors (Lipinski definition) is 1. The Balaban J connectivity index is 1.51. The van der Waals surface area contributed by atoms with Gasteiger partial charge >= 0.3 is 17.9 Å². The largest absolute Gasteiger partial charge is 0.466 e. The highest BCUT2D eigenvalue weighted by molar-refractivity contribution is 5.90. The van der Waals surface area contributed by atoms with E-state index in [1.807, 2.05) is 91.0 Å². The van der Waals surface area contributed by atoms with Crippen LogP contribution in [0.25, 0.3) is 0 Å². The van der Waals surface area contributed by atoms with Crippen molar-refractivity contribution >= 4 is 17.9 Å². The third kappa shape index (κ3) is 24.5. The fourth-order valence-corrected chi connectivity index (χ4v) is 9.42. The molecule has 0 spiro atoms. The Hall–Kier alpha value is -3.97. The zero-order valence-corrected chi connectivity index (χ0v) is 43.0. The molecule has 1 N–H and O–H groups in total. The first-order chi connectivity index (χ1) is 33.4. The summed E-state index contributed by atoms with van der Waals surface area (Å²) in [5, 5.41) is 12.0. The van der Waals surface area contributed by atoms with Gasteiger partial charge in [0, 0.05) is 16.7 Å². The summed E-state index contributed by atoms with van der Waals surface area (Å²) in [6.07, 6.45) is 38.1. The second-order valence-electron chi connectivity index (χ2n) is 19.6. The van der Waals surface area contributed by atoms with E-state index in [1.54, 1.807) is 0 Å². The van der Waals surface area contributed by atoms with Crippen molar-refractivity contribution in [1.82, 2.24) is 0 Å². The Bertz CT molecular complexity index is 1580. The number of unbranched alkanes of at least 4 members (excludes halogenated alkanes) is 30. The summed E-state index contributed by atoms with van der Waals surface area (Å²) < 4.78 is 17.7. The lowest BCUT2D eigenvalue weighted by atomic mass is 9.80. The van der Waals surface area contributed by atoms with Crippen molar-refractivity contribution in [2.75, 3.05) is 13.2 Å². The van der Waals surface area contributed by atoms with Crippen LogP contribution in [0, 0.1) is 0 Å². The standard InChI is InChI=1S/C61H94O7/c1-3-5-7-9-11-13-15-17-19-21-23-25-27-29-31-42-50-66-57(62)52-60(65,59(64)67-51-43-32-30-28-26-24-22-20-18-16-14-12-10-8-6-4-2)53-58(63)68-61(54-44-36-33-37-45-54,55-46-38-34-39-47-55)56-48-40-35-41-49-56/h33-41,44-49,65H,3-32,42-43,50-53H2,1-2H3. The van der Waals surface area contributed by atoms with Crippen molar-refractivity contribution in [1.29, 1.82) is 0 Å². The molecule has 3 aromatic carbocycles. The van der Waals surface area contributed by atoms with E-state index in [9.17, 15) is 19.5 Å². The zero-order valence-electron chi connectivity index (χ0n) is 43.0. The number of hydrogen-bond acceptors (Lipinski definition) is 7. The van der Waals surface area contributed by atoms with E-state index in [4.69, 9.17) is 14.2 Å². The predicted octanol–water partition coefficient (Wildman–Crippen LogP) is 16.6. The highest BCUT2D eigenvalue weighted by atomic mass is 16.6. The molecule has 0 amide bonds. The van der Waals surface area contributed by atoms with Crippen LogP contribution in [0.15, 0.2) is 91.0 Å². The molecular weight excluding hydrogens is 845 g/mol. The quantitative estimate of drug-likeness (QED) is 0.0261. The van der Waals surface area contributed by atoms with Gasteiger partial charge in [-0.15, -0.1) is 0 Å². The number of ether oxygens (including phenoxy) is 3. The van der Waals surface area contributed by atoms with E-state index >= 15 is 0 Å². The minimum atomic E-state index is -2.48. The molecule has 0 aliphatic heterocycles. The molecule has 0 aliphatic carbocycles. The van der Waals surface area contributed by atoms with Gasteiger partial charge in [0.15, 0.2) is 11.2 Å². The van der Waals surface area contributed by atoms with Crippen LogP contribution in [0.5, 0.6) is 0 Å². The third-order valence-electron chi connectivity index (χ3n) is 13.6. The summed E-state index contributed by atoms with van der Waals surface area (Å²) in [5.41, 5.74) is -1.81. The summed E-state index contributed by atoms with van der Waals surface area (Å²) in [4.78, 5) is 41.5. The van der Waals surface area contributed by atoms with Crippen molar-refractivity contribution in [3.63, 3.8) is 0 Å².